The number of benzene rings is 1. The maximum absolute atomic E-state index is 11.4. The molecule has 100 valence electrons. The van der Waals surface area contributed by atoms with Crippen LogP contribution >= 0.6 is 54.8 Å². The zero-order valence-electron chi connectivity index (χ0n) is 9.36. The largest absolute Gasteiger partial charge is 0.479 e. The van der Waals surface area contributed by atoms with E-state index in [1.807, 2.05) is 11.4 Å². The van der Waals surface area contributed by atoms with Gasteiger partial charge in [0, 0.05) is 14.6 Å². The van der Waals surface area contributed by atoms with Gasteiger partial charge < -0.3 is 10.4 Å². The SMILES string of the molecule is O=C(O)C(Nc1ccc(Cl)c(Br)c1)c1sccc1Br. The van der Waals surface area contributed by atoms with Crippen molar-refractivity contribution < 1.29 is 9.90 Å². The topological polar surface area (TPSA) is 49.3 Å². The molecule has 1 heterocycles. The number of aliphatic carboxylic acids is 1. The Morgan fingerprint density at radius 2 is 2.05 bits per heavy atom. The van der Waals surface area contributed by atoms with Gasteiger partial charge >= 0.3 is 5.97 Å². The van der Waals surface area contributed by atoms with Gasteiger partial charge in [-0.3, -0.25) is 0 Å². The highest BCUT2D eigenvalue weighted by Gasteiger charge is 2.23. The number of thiophene rings is 1. The third-order valence-electron chi connectivity index (χ3n) is 2.38. The lowest BCUT2D eigenvalue weighted by Crippen LogP contribution is -2.19. The van der Waals surface area contributed by atoms with E-state index in [1.165, 1.54) is 11.3 Å². The summed E-state index contributed by atoms with van der Waals surface area (Å²) in [4.78, 5) is 12.1. The number of carboxylic acids is 1. The Balaban J connectivity index is 2.29. The Hall–Kier alpha value is -0.560. The maximum Gasteiger partial charge on any atom is 0.331 e. The average molecular weight is 426 g/mol. The summed E-state index contributed by atoms with van der Waals surface area (Å²) in [5.41, 5.74) is 0.684. The molecular weight excluding hydrogens is 417 g/mol. The monoisotopic (exact) mass is 423 g/mol. The molecule has 2 N–H and O–H groups in total. The number of carbonyl (C=O) groups is 1. The van der Waals surface area contributed by atoms with E-state index in [9.17, 15) is 9.90 Å². The van der Waals surface area contributed by atoms with Crippen LogP contribution < -0.4 is 5.32 Å². The van der Waals surface area contributed by atoms with Gasteiger partial charge in [0.1, 0.15) is 0 Å². The Labute approximate surface area is 135 Å². The molecule has 0 fully saturated rings. The Morgan fingerprint density at radius 1 is 1.32 bits per heavy atom. The summed E-state index contributed by atoms with van der Waals surface area (Å²) in [6.45, 7) is 0. The van der Waals surface area contributed by atoms with Crippen molar-refractivity contribution in [3.05, 3.63) is 48.5 Å². The van der Waals surface area contributed by atoms with Crippen molar-refractivity contribution in [1.29, 1.82) is 0 Å². The van der Waals surface area contributed by atoms with Crippen molar-refractivity contribution in [2.75, 3.05) is 5.32 Å². The van der Waals surface area contributed by atoms with E-state index in [-0.39, 0.29) is 0 Å². The zero-order chi connectivity index (χ0) is 14.0. The van der Waals surface area contributed by atoms with E-state index in [4.69, 9.17) is 11.6 Å². The van der Waals surface area contributed by atoms with Crippen molar-refractivity contribution in [2.45, 2.75) is 6.04 Å². The molecule has 0 aliphatic heterocycles. The highest BCUT2D eigenvalue weighted by molar-refractivity contribution is 9.10. The van der Waals surface area contributed by atoms with Crippen LogP contribution in [0.15, 0.2) is 38.6 Å². The molecule has 7 heteroatoms. The lowest BCUT2D eigenvalue weighted by atomic mass is 10.2. The average Bonchev–Trinajstić information content (AvgIpc) is 2.76. The molecular formula is C12H8Br2ClNO2S. The zero-order valence-corrected chi connectivity index (χ0v) is 14.1. The molecule has 1 aromatic heterocycles. The van der Waals surface area contributed by atoms with Gasteiger partial charge in [-0.15, -0.1) is 11.3 Å². The molecule has 0 saturated carbocycles. The van der Waals surface area contributed by atoms with E-state index in [0.29, 0.717) is 15.2 Å². The number of halogens is 3. The van der Waals surface area contributed by atoms with Gasteiger partial charge in [0.2, 0.25) is 0 Å². The van der Waals surface area contributed by atoms with Crippen LogP contribution in [0.2, 0.25) is 5.02 Å². The third-order valence-corrected chi connectivity index (χ3v) is 5.53. The summed E-state index contributed by atoms with van der Waals surface area (Å²) in [6, 6.07) is 6.22. The van der Waals surface area contributed by atoms with Crippen molar-refractivity contribution in [3.63, 3.8) is 0 Å². The molecule has 0 spiro atoms. The summed E-state index contributed by atoms with van der Waals surface area (Å²) in [6.07, 6.45) is 0. The fourth-order valence-corrected chi connectivity index (χ4v) is 3.64. The van der Waals surface area contributed by atoms with Crippen LogP contribution in [0.5, 0.6) is 0 Å². The predicted molar refractivity (Wildman–Crippen MR) is 85.2 cm³/mol. The number of carboxylic acid groups (broad SMARTS) is 1. The van der Waals surface area contributed by atoms with Crippen LogP contribution in [0.4, 0.5) is 5.69 Å². The Morgan fingerprint density at radius 3 is 2.58 bits per heavy atom. The number of nitrogens with one attached hydrogen (secondary N) is 1. The number of anilines is 1. The quantitative estimate of drug-likeness (QED) is 0.711. The summed E-state index contributed by atoms with van der Waals surface area (Å²) < 4.78 is 1.50. The molecule has 0 saturated heterocycles. The van der Waals surface area contributed by atoms with E-state index < -0.39 is 12.0 Å². The first-order valence-corrected chi connectivity index (χ1v) is 8.00. The first-order chi connectivity index (χ1) is 8.99. The summed E-state index contributed by atoms with van der Waals surface area (Å²) in [5, 5.41) is 14.7. The van der Waals surface area contributed by atoms with Gasteiger partial charge in [0.05, 0.1) is 9.90 Å². The fraction of sp³-hybridized carbons (Fsp3) is 0.0833. The van der Waals surface area contributed by atoms with Crippen molar-refractivity contribution >= 4 is 66.5 Å². The number of rotatable bonds is 4. The van der Waals surface area contributed by atoms with Gasteiger partial charge in [-0.2, -0.15) is 0 Å². The second kappa shape index (κ2) is 6.26. The predicted octanol–water partition coefficient (Wildman–Crippen LogP) is 5.16. The second-order valence-corrected chi connectivity index (χ2v) is 6.74. The number of hydrogen-bond donors (Lipinski definition) is 2. The molecule has 3 nitrogen and oxygen atoms in total. The lowest BCUT2D eigenvalue weighted by molar-refractivity contribution is -0.138. The van der Waals surface area contributed by atoms with Crippen molar-refractivity contribution in [1.82, 2.24) is 0 Å². The van der Waals surface area contributed by atoms with Gasteiger partial charge in [-0.05, 0) is 61.5 Å². The lowest BCUT2D eigenvalue weighted by Gasteiger charge is -2.15. The molecule has 2 rings (SSSR count). The van der Waals surface area contributed by atoms with Gasteiger partial charge in [0.25, 0.3) is 0 Å². The van der Waals surface area contributed by atoms with Crippen LogP contribution in [0.1, 0.15) is 10.9 Å². The molecule has 1 aromatic carbocycles. The molecule has 0 aliphatic rings. The van der Waals surface area contributed by atoms with Crippen LogP contribution in [-0.2, 0) is 4.79 Å². The van der Waals surface area contributed by atoms with Crippen molar-refractivity contribution in [3.8, 4) is 0 Å². The normalized spacial score (nSPS) is 12.2. The molecule has 1 atom stereocenters. The van der Waals surface area contributed by atoms with E-state index in [0.717, 1.165) is 9.35 Å². The molecule has 19 heavy (non-hydrogen) atoms. The van der Waals surface area contributed by atoms with Crippen LogP contribution in [0.3, 0.4) is 0 Å². The smallest absolute Gasteiger partial charge is 0.331 e. The summed E-state index contributed by atoms with van der Waals surface area (Å²) in [5.74, 6) is -0.936. The Kier molecular flexibility index (Phi) is 4.89. The minimum Gasteiger partial charge on any atom is -0.479 e. The molecule has 0 bridgehead atoms. The standard InChI is InChI=1S/C12H8Br2ClNO2S/c13-7-3-4-19-11(7)10(12(17)18)16-6-1-2-9(15)8(14)5-6/h1-5,10,16H,(H,17,18). The molecule has 0 radical (unpaired) electrons. The highest BCUT2D eigenvalue weighted by Crippen LogP contribution is 2.33. The number of hydrogen-bond acceptors (Lipinski definition) is 3. The second-order valence-electron chi connectivity index (χ2n) is 3.68. The maximum atomic E-state index is 11.4. The van der Waals surface area contributed by atoms with E-state index in [1.54, 1.807) is 18.2 Å². The van der Waals surface area contributed by atoms with Crippen LogP contribution in [0.25, 0.3) is 0 Å². The fourth-order valence-electron chi connectivity index (χ4n) is 1.50. The third kappa shape index (κ3) is 3.51. The first-order valence-electron chi connectivity index (χ1n) is 5.16. The van der Waals surface area contributed by atoms with E-state index >= 15 is 0 Å². The minimum absolute atomic E-state index is 0.578. The summed E-state index contributed by atoms with van der Waals surface area (Å²) >= 11 is 14.0. The molecule has 2 aromatic rings. The summed E-state index contributed by atoms with van der Waals surface area (Å²) in [7, 11) is 0. The van der Waals surface area contributed by atoms with Crippen LogP contribution in [0, 0.1) is 0 Å². The van der Waals surface area contributed by atoms with Crippen LogP contribution in [-0.4, -0.2) is 11.1 Å². The van der Waals surface area contributed by atoms with Crippen molar-refractivity contribution in [2.24, 2.45) is 0 Å². The molecule has 1 unspecified atom stereocenters. The minimum atomic E-state index is -0.936. The van der Waals surface area contributed by atoms with Gasteiger partial charge in [-0.1, -0.05) is 11.6 Å². The Bertz CT molecular complexity index is 618. The van der Waals surface area contributed by atoms with Gasteiger partial charge in [0.15, 0.2) is 6.04 Å². The van der Waals surface area contributed by atoms with Gasteiger partial charge in [-0.25, -0.2) is 4.79 Å². The highest BCUT2D eigenvalue weighted by atomic mass is 79.9. The molecule has 0 aliphatic carbocycles. The first kappa shape index (κ1) is 14.8. The molecule has 0 amide bonds. The van der Waals surface area contributed by atoms with E-state index in [2.05, 4.69) is 37.2 Å².